The van der Waals surface area contributed by atoms with Crippen molar-refractivity contribution in [2.45, 2.75) is 31.3 Å². The van der Waals surface area contributed by atoms with Gasteiger partial charge < -0.3 is 25.6 Å². The Bertz CT molecular complexity index is 416. The van der Waals surface area contributed by atoms with Crippen LogP contribution in [0, 0.1) is 0 Å². The molecule has 0 aromatic rings. The number of amides is 2. The Morgan fingerprint density at radius 3 is 2.14 bits per heavy atom. The number of urea groups is 1. The molecule has 2 amide bonds. The van der Waals surface area contributed by atoms with Crippen LogP contribution in [0.15, 0.2) is 0 Å². The Morgan fingerprint density at radius 2 is 1.68 bits per heavy atom. The van der Waals surface area contributed by atoms with Gasteiger partial charge >= 0.3 is 23.9 Å². The number of carbonyl (C=O) groups excluding carboxylic acids is 2. The fourth-order valence-electron chi connectivity index (χ4n) is 1.51. The van der Waals surface area contributed by atoms with Crippen molar-refractivity contribution in [2.75, 3.05) is 19.1 Å². The molecule has 0 aromatic heterocycles. The molecule has 2 atom stereocenters. The average Bonchev–Trinajstić information content (AvgIpc) is 2.46. The quantitative estimate of drug-likeness (QED) is 0.405. The molecule has 0 bridgehead atoms. The summed E-state index contributed by atoms with van der Waals surface area (Å²) < 4.78 is 4.56. The number of ether oxygens (including phenoxy) is 1. The minimum absolute atomic E-state index is 0.258. The molecule has 0 fully saturated rings. The third-order valence-corrected chi connectivity index (χ3v) is 3.30. The standard InChI is InChI=1S/C12H20N2O7S/c1-21-11(19)8(5-6-22-2)14-12(20)13-7(10(17)18)3-4-9(15)16/h7-8H,3-6H2,1-2H3,(H,15,16)(H,17,18)(H2,13,14,20)/t7-,8-/m0/s1/i2-1. The molecule has 10 heteroatoms. The summed E-state index contributed by atoms with van der Waals surface area (Å²) in [5, 5.41) is 21.9. The van der Waals surface area contributed by atoms with Crippen molar-refractivity contribution < 1.29 is 34.1 Å². The second kappa shape index (κ2) is 10.7. The predicted molar refractivity (Wildman–Crippen MR) is 78.8 cm³/mol. The van der Waals surface area contributed by atoms with Gasteiger partial charge in [-0.1, -0.05) is 0 Å². The number of rotatable bonds is 10. The Kier molecular flexibility index (Phi) is 9.75. The summed E-state index contributed by atoms with van der Waals surface area (Å²) in [6.45, 7) is 0. The van der Waals surface area contributed by atoms with Gasteiger partial charge in [-0.2, -0.15) is 11.8 Å². The fraction of sp³-hybridized carbons (Fsp3) is 0.667. The second-order valence-corrected chi connectivity index (χ2v) is 5.28. The molecule has 0 heterocycles. The van der Waals surface area contributed by atoms with Crippen LogP contribution >= 0.6 is 11.8 Å². The van der Waals surface area contributed by atoms with Crippen LogP contribution in [-0.2, 0) is 19.1 Å². The SMILES string of the molecule is COC(=O)[C@H](CCS[11CH3])NC(=O)N[C@@H](CCC(=O)O)C(=O)O. The first kappa shape index (κ1) is 20.0. The zero-order valence-electron chi connectivity index (χ0n) is 12.3. The number of carbonyl (C=O) groups is 4. The van der Waals surface area contributed by atoms with E-state index in [2.05, 4.69) is 15.4 Å². The molecule has 0 aliphatic heterocycles. The van der Waals surface area contributed by atoms with Crippen LogP contribution in [0.4, 0.5) is 4.79 Å². The maximum atomic E-state index is 11.7. The lowest BCUT2D eigenvalue weighted by Gasteiger charge is -2.19. The molecule has 22 heavy (non-hydrogen) atoms. The van der Waals surface area contributed by atoms with E-state index in [0.717, 1.165) is 0 Å². The van der Waals surface area contributed by atoms with E-state index in [9.17, 15) is 19.2 Å². The van der Waals surface area contributed by atoms with E-state index in [1.54, 1.807) is 0 Å². The van der Waals surface area contributed by atoms with Gasteiger partial charge in [0.15, 0.2) is 0 Å². The number of carboxylic acid groups (broad SMARTS) is 2. The highest BCUT2D eigenvalue weighted by molar-refractivity contribution is 7.98. The van der Waals surface area contributed by atoms with Crippen LogP contribution in [0.25, 0.3) is 0 Å². The summed E-state index contributed by atoms with van der Waals surface area (Å²) in [4.78, 5) is 44.7. The number of nitrogens with one attached hydrogen (secondary N) is 2. The van der Waals surface area contributed by atoms with E-state index < -0.39 is 42.4 Å². The highest BCUT2D eigenvalue weighted by atomic mass is 32.2. The van der Waals surface area contributed by atoms with Gasteiger partial charge in [-0.05, 0) is 24.9 Å². The summed E-state index contributed by atoms with van der Waals surface area (Å²) in [5.41, 5.74) is 0. The summed E-state index contributed by atoms with van der Waals surface area (Å²) in [5.74, 6) is -2.56. The zero-order valence-corrected chi connectivity index (χ0v) is 13.1. The summed E-state index contributed by atoms with van der Waals surface area (Å²) >= 11 is 1.48. The maximum Gasteiger partial charge on any atom is 0.328 e. The molecule has 0 unspecified atom stereocenters. The second-order valence-electron chi connectivity index (χ2n) is 4.30. The van der Waals surface area contributed by atoms with Crippen LogP contribution in [0.2, 0.25) is 0 Å². The molecule has 0 aliphatic rings. The Labute approximate surface area is 131 Å². The molecular formula is C12H20N2O7S. The van der Waals surface area contributed by atoms with Crippen LogP contribution in [0.5, 0.6) is 0 Å². The number of esters is 1. The normalized spacial score (nSPS) is 12.8. The highest BCUT2D eigenvalue weighted by Gasteiger charge is 2.25. The first-order valence-corrected chi connectivity index (χ1v) is 7.79. The average molecular weight is 335 g/mol. The third-order valence-electron chi connectivity index (χ3n) is 2.65. The molecule has 0 spiro atoms. The van der Waals surface area contributed by atoms with Gasteiger partial charge in [-0.15, -0.1) is 0 Å². The van der Waals surface area contributed by atoms with Gasteiger partial charge in [0, 0.05) is 6.42 Å². The van der Waals surface area contributed by atoms with Crippen LogP contribution in [-0.4, -0.2) is 65.4 Å². The lowest BCUT2D eigenvalue weighted by Crippen LogP contribution is -2.51. The predicted octanol–water partition coefficient (Wildman–Crippen LogP) is -0.102. The summed E-state index contributed by atoms with van der Waals surface area (Å²) in [6, 6.07) is -3.12. The fourth-order valence-corrected chi connectivity index (χ4v) is 1.98. The lowest BCUT2D eigenvalue weighted by molar-refractivity contribution is -0.143. The van der Waals surface area contributed by atoms with Crippen LogP contribution in [0.1, 0.15) is 19.3 Å². The van der Waals surface area contributed by atoms with Crippen molar-refractivity contribution in [3.8, 4) is 0 Å². The molecule has 4 N–H and O–H groups in total. The van der Waals surface area contributed by atoms with Gasteiger partial charge in [0.05, 0.1) is 7.11 Å². The molecule has 0 aromatic carbocycles. The molecule has 9 nitrogen and oxygen atoms in total. The number of thioether (sulfide) groups is 1. The summed E-state index contributed by atoms with van der Waals surface area (Å²) in [6.07, 6.45) is 1.50. The van der Waals surface area contributed by atoms with E-state index in [1.165, 1.54) is 18.9 Å². The Hall–Kier alpha value is -1.97. The van der Waals surface area contributed by atoms with E-state index in [4.69, 9.17) is 10.2 Å². The summed E-state index contributed by atoms with van der Waals surface area (Å²) in [7, 11) is 1.18. The van der Waals surface area contributed by atoms with Crippen molar-refractivity contribution in [2.24, 2.45) is 0 Å². The molecule has 0 radical (unpaired) electrons. The third kappa shape index (κ3) is 8.35. The molecule has 126 valence electrons. The van der Waals surface area contributed by atoms with Gasteiger partial charge in [0.25, 0.3) is 0 Å². The van der Waals surface area contributed by atoms with Crippen LogP contribution in [0.3, 0.4) is 0 Å². The van der Waals surface area contributed by atoms with Gasteiger partial charge in [0.1, 0.15) is 12.1 Å². The van der Waals surface area contributed by atoms with Crippen molar-refractivity contribution in [3.63, 3.8) is 0 Å². The van der Waals surface area contributed by atoms with Gasteiger partial charge in [-0.25, -0.2) is 14.4 Å². The zero-order chi connectivity index (χ0) is 17.1. The van der Waals surface area contributed by atoms with Gasteiger partial charge in [0.2, 0.25) is 0 Å². The maximum absolute atomic E-state index is 11.7. The number of aliphatic carboxylic acids is 2. The van der Waals surface area contributed by atoms with Crippen LogP contribution < -0.4 is 10.6 Å². The Balaban J connectivity index is 4.59. The lowest BCUT2D eigenvalue weighted by atomic mass is 10.1. The minimum atomic E-state index is -1.35. The Morgan fingerprint density at radius 1 is 1.09 bits per heavy atom. The smallest absolute Gasteiger partial charge is 0.328 e. The molecule has 0 rings (SSSR count). The van der Waals surface area contributed by atoms with E-state index >= 15 is 0 Å². The van der Waals surface area contributed by atoms with Gasteiger partial charge in [-0.3, -0.25) is 4.79 Å². The molecule has 0 saturated carbocycles. The van der Waals surface area contributed by atoms with E-state index in [0.29, 0.717) is 12.2 Å². The minimum Gasteiger partial charge on any atom is -0.481 e. The monoisotopic (exact) mass is 335 g/mol. The van der Waals surface area contributed by atoms with E-state index in [-0.39, 0.29) is 6.42 Å². The van der Waals surface area contributed by atoms with Crippen molar-refractivity contribution in [3.05, 3.63) is 0 Å². The number of hydrogen-bond acceptors (Lipinski definition) is 6. The molecule has 0 aliphatic carbocycles. The number of carboxylic acids is 2. The highest BCUT2D eigenvalue weighted by Crippen LogP contribution is 2.03. The molecular weight excluding hydrogens is 315 g/mol. The first-order valence-electron chi connectivity index (χ1n) is 6.40. The van der Waals surface area contributed by atoms with Crippen molar-refractivity contribution in [1.82, 2.24) is 10.6 Å². The molecule has 0 saturated heterocycles. The number of hydrogen-bond donors (Lipinski definition) is 4. The van der Waals surface area contributed by atoms with E-state index in [1.807, 2.05) is 6.26 Å². The van der Waals surface area contributed by atoms with Crippen molar-refractivity contribution in [1.29, 1.82) is 0 Å². The van der Waals surface area contributed by atoms with Crippen molar-refractivity contribution >= 4 is 35.7 Å². The topological polar surface area (TPSA) is 142 Å². The first-order chi connectivity index (χ1) is 10.3. The largest absolute Gasteiger partial charge is 0.481 e. The number of methoxy groups -OCH3 is 1.